The molecule has 126 valence electrons. The number of nitrogens with one attached hydrogen (secondary N) is 1. The number of aryl methyl sites for hydroxylation is 1. The Morgan fingerprint density at radius 2 is 1.87 bits per heavy atom. The summed E-state index contributed by atoms with van der Waals surface area (Å²) in [5, 5.41) is 11.8. The zero-order chi connectivity index (χ0) is 17.0. The summed E-state index contributed by atoms with van der Waals surface area (Å²) in [6, 6.07) is 6.17. The Hall–Kier alpha value is -2.09. The van der Waals surface area contributed by atoms with Crippen molar-refractivity contribution in [3.8, 4) is 0 Å². The molecule has 1 fully saturated rings. The number of aliphatic carboxylic acids is 1. The molecule has 0 bridgehead atoms. The van der Waals surface area contributed by atoms with Crippen LogP contribution >= 0.6 is 0 Å². The topological polar surface area (TPSA) is 104 Å². The number of carboxylic acids is 1. The van der Waals surface area contributed by atoms with E-state index in [4.69, 9.17) is 5.11 Å². The predicted molar refractivity (Wildman–Crippen MR) is 84.9 cm³/mol. The fraction of sp³-hybridized carbons (Fsp3) is 0.467. The van der Waals surface area contributed by atoms with Gasteiger partial charge in [0.05, 0.1) is 24.0 Å². The van der Waals surface area contributed by atoms with Crippen LogP contribution in [0.5, 0.6) is 0 Å². The summed E-state index contributed by atoms with van der Waals surface area (Å²) in [5.41, 5.74) is 1.63. The number of urea groups is 1. The van der Waals surface area contributed by atoms with E-state index in [2.05, 4.69) is 5.32 Å². The molecule has 2 rings (SSSR count). The van der Waals surface area contributed by atoms with Gasteiger partial charge in [-0.2, -0.15) is 0 Å². The Morgan fingerprint density at radius 3 is 2.43 bits per heavy atom. The number of hydrogen-bond donors (Lipinski definition) is 2. The first-order valence-electron chi connectivity index (χ1n) is 7.32. The lowest BCUT2D eigenvalue weighted by Crippen LogP contribution is -2.49. The summed E-state index contributed by atoms with van der Waals surface area (Å²) in [6.07, 6.45) is -0.233. The van der Waals surface area contributed by atoms with Gasteiger partial charge in [-0.1, -0.05) is 24.3 Å². The van der Waals surface area contributed by atoms with Gasteiger partial charge in [-0.15, -0.1) is 0 Å². The number of carbonyl (C=O) groups excluding carboxylic acids is 1. The lowest BCUT2D eigenvalue weighted by Gasteiger charge is -2.29. The number of carboxylic acid groups (broad SMARTS) is 1. The highest BCUT2D eigenvalue weighted by atomic mass is 32.2. The third-order valence-electron chi connectivity index (χ3n) is 3.87. The normalized spacial score (nSPS) is 18.2. The molecule has 0 aliphatic carbocycles. The van der Waals surface area contributed by atoms with Crippen molar-refractivity contribution < 1.29 is 23.1 Å². The molecular weight excluding hydrogens is 320 g/mol. The molecule has 0 saturated carbocycles. The van der Waals surface area contributed by atoms with E-state index in [1.165, 1.54) is 4.90 Å². The third-order valence-corrected chi connectivity index (χ3v) is 5.48. The Morgan fingerprint density at radius 1 is 1.26 bits per heavy atom. The average molecular weight is 340 g/mol. The zero-order valence-corrected chi connectivity index (χ0v) is 13.7. The van der Waals surface area contributed by atoms with Gasteiger partial charge in [0.1, 0.15) is 0 Å². The van der Waals surface area contributed by atoms with Gasteiger partial charge in [-0.25, -0.2) is 13.2 Å². The molecule has 0 spiro atoms. The van der Waals surface area contributed by atoms with E-state index < -0.39 is 27.9 Å². The summed E-state index contributed by atoms with van der Waals surface area (Å²) >= 11 is 0. The Labute approximate surface area is 135 Å². The van der Waals surface area contributed by atoms with E-state index >= 15 is 0 Å². The van der Waals surface area contributed by atoms with Crippen LogP contribution in [-0.2, 0) is 14.6 Å². The predicted octanol–water partition coefficient (Wildman–Crippen LogP) is 0.951. The molecule has 1 saturated heterocycles. The first-order chi connectivity index (χ1) is 10.8. The Balaban J connectivity index is 2.10. The van der Waals surface area contributed by atoms with Gasteiger partial charge in [0.15, 0.2) is 9.84 Å². The molecule has 0 radical (unpaired) electrons. The first-order valence-corrected chi connectivity index (χ1v) is 9.14. The highest BCUT2D eigenvalue weighted by molar-refractivity contribution is 7.91. The number of carbonyl (C=O) groups is 2. The van der Waals surface area contributed by atoms with Crippen LogP contribution in [0, 0.1) is 6.92 Å². The van der Waals surface area contributed by atoms with Crippen molar-refractivity contribution in [3.63, 3.8) is 0 Å². The van der Waals surface area contributed by atoms with Gasteiger partial charge in [-0.05, 0) is 18.1 Å². The molecule has 1 unspecified atom stereocenters. The summed E-state index contributed by atoms with van der Waals surface area (Å²) in [7, 11) is -3.07. The zero-order valence-electron chi connectivity index (χ0n) is 12.9. The van der Waals surface area contributed by atoms with Crippen LogP contribution in [0.4, 0.5) is 4.79 Å². The van der Waals surface area contributed by atoms with E-state index in [1.54, 1.807) is 12.1 Å². The van der Waals surface area contributed by atoms with Crippen LogP contribution in [0.3, 0.4) is 0 Å². The van der Waals surface area contributed by atoms with E-state index in [1.807, 2.05) is 19.1 Å². The van der Waals surface area contributed by atoms with Crippen molar-refractivity contribution in [1.82, 2.24) is 10.2 Å². The molecule has 23 heavy (non-hydrogen) atoms. The summed E-state index contributed by atoms with van der Waals surface area (Å²) in [5.74, 6) is -1.14. The van der Waals surface area contributed by atoms with Crippen LogP contribution in [0.2, 0.25) is 0 Å². The van der Waals surface area contributed by atoms with Crippen molar-refractivity contribution >= 4 is 21.8 Å². The first kappa shape index (κ1) is 17.3. The monoisotopic (exact) mass is 340 g/mol. The van der Waals surface area contributed by atoms with Crippen LogP contribution in [0.25, 0.3) is 0 Å². The fourth-order valence-corrected chi connectivity index (χ4v) is 3.75. The van der Waals surface area contributed by atoms with Crippen LogP contribution in [-0.4, -0.2) is 55.0 Å². The molecule has 1 aliphatic rings. The minimum absolute atomic E-state index is 0.0611. The smallest absolute Gasteiger partial charge is 0.317 e. The average Bonchev–Trinajstić information content (AvgIpc) is 2.46. The summed E-state index contributed by atoms with van der Waals surface area (Å²) in [4.78, 5) is 24.8. The highest BCUT2D eigenvalue weighted by Crippen LogP contribution is 2.21. The van der Waals surface area contributed by atoms with Gasteiger partial charge >= 0.3 is 12.0 Å². The van der Waals surface area contributed by atoms with Gasteiger partial charge in [-0.3, -0.25) is 4.79 Å². The van der Waals surface area contributed by atoms with Crippen LogP contribution in [0.15, 0.2) is 24.3 Å². The van der Waals surface area contributed by atoms with Crippen molar-refractivity contribution in [2.24, 2.45) is 0 Å². The second-order valence-electron chi connectivity index (χ2n) is 5.60. The van der Waals surface area contributed by atoms with E-state index in [9.17, 15) is 18.0 Å². The van der Waals surface area contributed by atoms with E-state index in [-0.39, 0.29) is 31.0 Å². The molecule has 1 atom stereocenters. The minimum Gasteiger partial charge on any atom is -0.481 e. The largest absolute Gasteiger partial charge is 0.481 e. The van der Waals surface area contributed by atoms with Crippen molar-refractivity contribution in [1.29, 1.82) is 0 Å². The SMILES string of the molecule is Cc1ccccc1C(CC(=O)O)NC(=O)N1CCS(=O)(=O)CC1. The van der Waals surface area contributed by atoms with E-state index in [0.29, 0.717) is 0 Å². The van der Waals surface area contributed by atoms with Crippen molar-refractivity contribution in [2.75, 3.05) is 24.6 Å². The lowest BCUT2D eigenvalue weighted by atomic mass is 9.99. The molecule has 7 nitrogen and oxygen atoms in total. The van der Waals surface area contributed by atoms with Gasteiger partial charge in [0, 0.05) is 13.1 Å². The molecule has 1 aromatic rings. The maximum absolute atomic E-state index is 12.3. The number of nitrogens with zero attached hydrogens (tertiary/aromatic N) is 1. The molecule has 8 heteroatoms. The molecule has 2 amide bonds. The van der Waals surface area contributed by atoms with Gasteiger partial charge in [0.2, 0.25) is 0 Å². The number of amides is 2. The number of hydrogen-bond acceptors (Lipinski definition) is 4. The van der Waals surface area contributed by atoms with E-state index in [0.717, 1.165) is 11.1 Å². The number of rotatable bonds is 4. The fourth-order valence-electron chi connectivity index (χ4n) is 2.55. The Kier molecular flexibility index (Phi) is 5.25. The highest BCUT2D eigenvalue weighted by Gasteiger charge is 2.27. The molecular formula is C15H20N2O5S. The maximum Gasteiger partial charge on any atom is 0.317 e. The van der Waals surface area contributed by atoms with Gasteiger partial charge in [0.25, 0.3) is 0 Å². The second-order valence-corrected chi connectivity index (χ2v) is 7.90. The summed E-state index contributed by atoms with van der Waals surface area (Å²) < 4.78 is 22.8. The molecule has 1 heterocycles. The molecule has 1 aliphatic heterocycles. The molecule has 2 N–H and O–H groups in total. The lowest BCUT2D eigenvalue weighted by molar-refractivity contribution is -0.137. The Bertz CT molecular complexity index is 688. The standard InChI is InChI=1S/C15H20N2O5S/c1-11-4-2-3-5-12(11)13(10-14(18)19)16-15(20)17-6-8-23(21,22)9-7-17/h2-5,13H,6-10H2,1H3,(H,16,20)(H,18,19). The number of sulfone groups is 1. The van der Waals surface area contributed by atoms with Crippen LogP contribution < -0.4 is 5.32 Å². The van der Waals surface area contributed by atoms with Crippen molar-refractivity contribution in [2.45, 2.75) is 19.4 Å². The van der Waals surface area contributed by atoms with Crippen LogP contribution in [0.1, 0.15) is 23.6 Å². The van der Waals surface area contributed by atoms with Crippen molar-refractivity contribution in [3.05, 3.63) is 35.4 Å². The quantitative estimate of drug-likeness (QED) is 0.849. The minimum atomic E-state index is -3.07. The number of benzene rings is 1. The maximum atomic E-state index is 12.3. The molecule has 0 aromatic heterocycles. The second kappa shape index (κ2) is 6.99. The summed E-state index contributed by atoms with van der Waals surface area (Å²) in [6.45, 7) is 2.10. The van der Waals surface area contributed by atoms with Gasteiger partial charge < -0.3 is 15.3 Å². The third kappa shape index (κ3) is 4.69. The molecule has 1 aromatic carbocycles.